The summed E-state index contributed by atoms with van der Waals surface area (Å²) in [4.78, 5) is 30.5. The second-order valence-corrected chi connectivity index (χ2v) is 11.2. The Hall–Kier alpha value is -2.09. The number of esters is 1. The number of Topliss-reactive ketones (excluding diaryl/α,β-unsaturated/α-hetero) is 1. The minimum Gasteiger partial charge on any atom is -0.458 e. The first-order chi connectivity index (χ1) is 17.3. The van der Waals surface area contributed by atoms with Crippen LogP contribution in [-0.2, 0) is 19.1 Å². The average molecular weight is 518 g/mol. The zero-order chi connectivity index (χ0) is 28.0. The molecule has 2 aliphatic rings. The molecule has 7 atom stereocenters. The van der Waals surface area contributed by atoms with Gasteiger partial charge in [-0.1, -0.05) is 54.0 Å². The standard InChI is InChI=1S/C28H41NO6.C2H6/c1-17-10-9-12-28(6)23(35-28)15-21(18(2)14-20-11-7-8-13-29-20)34-24(31)16-22(30)27(4,5)26(33)19(3)25(17)32;1-2/h7-8,11,13-14,17,19,21-23,25,30,32H,9-10,12,15-16H2,1-6H3;1-2H3/b18-14+;/t17?,19?,21-,22?,23-,25-,28+;/m0./s1. The predicted octanol–water partition coefficient (Wildman–Crippen LogP) is 5.13. The van der Waals surface area contributed by atoms with Crippen LogP contribution in [0.1, 0.15) is 93.2 Å². The minimum absolute atomic E-state index is 0.0533. The summed E-state index contributed by atoms with van der Waals surface area (Å²) in [6.07, 6.45) is 3.60. The smallest absolute Gasteiger partial charge is 0.309 e. The Morgan fingerprint density at radius 1 is 1.14 bits per heavy atom. The van der Waals surface area contributed by atoms with Crippen molar-refractivity contribution >= 4 is 17.8 Å². The van der Waals surface area contributed by atoms with E-state index in [0.29, 0.717) is 6.42 Å². The largest absolute Gasteiger partial charge is 0.458 e. The van der Waals surface area contributed by atoms with E-state index in [-0.39, 0.29) is 29.8 Å². The highest BCUT2D eigenvalue weighted by molar-refractivity contribution is 5.88. The molecule has 2 saturated heterocycles. The van der Waals surface area contributed by atoms with Crippen molar-refractivity contribution in [3.05, 3.63) is 35.7 Å². The van der Waals surface area contributed by atoms with E-state index in [1.807, 2.05) is 52.0 Å². The molecule has 3 rings (SSSR count). The fourth-order valence-corrected chi connectivity index (χ4v) is 5.08. The van der Waals surface area contributed by atoms with Crippen LogP contribution >= 0.6 is 0 Å². The quantitative estimate of drug-likeness (QED) is 0.413. The number of fused-ring (bicyclic) bond motifs is 1. The number of epoxide rings is 1. The molecule has 0 amide bonds. The van der Waals surface area contributed by atoms with Crippen LogP contribution in [0.15, 0.2) is 30.0 Å². The first-order valence-electron chi connectivity index (χ1n) is 13.7. The van der Waals surface area contributed by atoms with Crippen molar-refractivity contribution in [3.63, 3.8) is 0 Å². The molecule has 0 aromatic carbocycles. The number of carbonyl (C=O) groups is 2. The van der Waals surface area contributed by atoms with Gasteiger partial charge in [0, 0.05) is 18.5 Å². The summed E-state index contributed by atoms with van der Waals surface area (Å²) >= 11 is 0. The van der Waals surface area contributed by atoms with Crippen molar-refractivity contribution in [1.82, 2.24) is 4.98 Å². The molecule has 2 N–H and O–H groups in total. The molecular formula is C30H47NO6. The summed E-state index contributed by atoms with van der Waals surface area (Å²) in [6, 6.07) is 5.62. The van der Waals surface area contributed by atoms with Crippen LogP contribution in [-0.4, -0.2) is 57.0 Å². The lowest BCUT2D eigenvalue weighted by Gasteiger charge is -2.34. The van der Waals surface area contributed by atoms with E-state index in [9.17, 15) is 19.8 Å². The molecular weight excluding hydrogens is 470 g/mol. The Labute approximate surface area is 222 Å². The molecule has 2 fully saturated rings. The van der Waals surface area contributed by atoms with Crippen molar-refractivity contribution in [1.29, 1.82) is 0 Å². The Morgan fingerprint density at radius 3 is 2.43 bits per heavy atom. The van der Waals surface area contributed by atoms with Crippen molar-refractivity contribution in [2.24, 2.45) is 17.3 Å². The summed E-state index contributed by atoms with van der Waals surface area (Å²) in [5, 5.41) is 21.7. The van der Waals surface area contributed by atoms with Gasteiger partial charge in [0.25, 0.3) is 0 Å². The van der Waals surface area contributed by atoms with Crippen molar-refractivity contribution in [2.75, 3.05) is 0 Å². The molecule has 7 nitrogen and oxygen atoms in total. The number of aliphatic hydroxyl groups excluding tert-OH is 2. The zero-order valence-corrected chi connectivity index (χ0v) is 23.9. The first kappa shape index (κ1) is 31.1. The molecule has 0 bridgehead atoms. The maximum Gasteiger partial charge on any atom is 0.309 e. The van der Waals surface area contributed by atoms with Crippen LogP contribution < -0.4 is 0 Å². The molecule has 1 aromatic heterocycles. The van der Waals surface area contributed by atoms with Gasteiger partial charge in [0.2, 0.25) is 0 Å². The van der Waals surface area contributed by atoms with E-state index in [1.54, 1.807) is 27.0 Å². The second-order valence-electron chi connectivity index (χ2n) is 11.2. The Kier molecular flexibility index (Phi) is 11.0. The number of ether oxygens (including phenoxy) is 2. The van der Waals surface area contributed by atoms with Crippen LogP contribution in [0.5, 0.6) is 0 Å². The SMILES string of the molecule is C/C(=C\c1ccccn1)[C@@H]1C[C@@H]2O[C@]2(C)CCCC(C)[C@H](O)C(C)C(=O)C(C)(C)C(O)CC(=O)O1.CC. The van der Waals surface area contributed by atoms with Gasteiger partial charge in [0.15, 0.2) is 0 Å². The number of pyridine rings is 1. The molecule has 7 heteroatoms. The van der Waals surface area contributed by atoms with E-state index in [1.165, 1.54) is 0 Å². The lowest BCUT2D eigenvalue weighted by Crippen LogP contribution is -2.45. The summed E-state index contributed by atoms with van der Waals surface area (Å²) in [5.41, 5.74) is 0.0933. The van der Waals surface area contributed by atoms with Gasteiger partial charge in [0.05, 0.1) is 41.4 Å². The Bertz CT molecular complexity index is 929. The third-order valence-electron chi connectivity index (χ3n) is 7.98. The van der Waals surface area contributed by atoms with Gasteiger partial charge >= 0.3 is 5.97 Å². The molecule has 3 unspecified atom stereocenters. The number of aliphatic hydroxyl groups is 2. The predicted molar refractivity (Wildman–Crippen MR) is 145 cm³/mol. The number of carbonyl (C=O) groups excluding carboxylic acids is 2. The van der Waals surface area contributed by atoms with Gasteiger partial charge < -0.3 is 19.7 Å². The molecule has 0 aliphatic carbocycles. The van der Waals surface area contributed by atoms with Gasteiger partial charge in [-0.15, -0.1) is 0 Å². The summed E-state index contributed by atoms with van der Waals surface area (Å²) in [6.45, 7) is 14.9. The molecule has 0 spiro atoms. The van der Waals surface area contributed by atoms with Crippen LogP contribution in [0.3, 0.4) is 0 Å². The van der Waals surface area contributed by atoms with Crippen molar-refractivity contribution < 1.29 is 29.3 Å². The number of cyclic esters (lactones) is 1. The van der Waals surface area contributed by atoms with Gasteiger partial charge in [0.1, 0.15) is 11.9 Å². The van der Waals surface area contributed by atoms with Gasteiger partial charge in [-0.3, -0.25) is 14.6 Å². The molecule has 37 heavy (non-hydrogen) atoms. The third-order valence-corrected chi connectivity index (χ3v) is 7.98. The molecule has 2 aliphatic heterocycles. The number of hydrogen-bond acceptors (Lipinski definition) is 7. The highest BCUT2D eigenvalue weighted by Crippen LogP contribution is 2.45. The fourth-order valence-electron chi connectivity index (χ4n) is 5.08. The van der Waals surface area contributed by atoms with E-state index in [2.05, 4.69) is 11.9 Å². The lowest BCUT2D eigenvalue weighted by atomic mass is 9.73. The minimum atomic E-state index is -1.23. The van der Waals surface area contributed by atoms with Crippen molar-refractivity contribution in [2.45, 2.75) is 118 Å². The highest BCUT2D eigenvalue weighted by Gasteiger charge is 2.53. The maximum absolute atomic E-state index is 13.2. The Balaban J connectivity index is 0.00000235. The number of rotatable bonds is 2. The number of aromatic nitrogens is 1. The second kappa shape index (κ2) is 13.1. The topological polar surface area (TPSA) is 109 Å². The summed E-state index contributed by atoms with van der Waals surface area (Å²) < 4.78 is 11.9. The van der Waals surface area contributed by atoms with Crippen LogP contribution in [0.25, 0.3) is 6.08 Å². The van der Waals surface area contributed by atoms with Gasteiger partial charge in [-0.2, -0.15) is 0 Å². The summed E-state index contributed by atoms with van der Waals surface area (Å²) in [7, 11) is 0. The molecule has 3 heterocycles. The van der Waals surface area contributed by atoms with E-state index < -0.39 is 35.6 Å². The molecule has 208 valence electrons. The molecule has 1 aromatic rings. The monoisotopic (exact) mass is 517 g/mol. The Morgan fingerprint density at radius 2 is 1.81 bits per heavy atom. The normalized spacial score (nSPS) is 35.5. The highest BCUT2D eigenvalue weighted by atomic mass is 16.6. The van der Waals surface area contributed by atoms with Crippen LogP contribution in [0.2, 0.25) is 0 Å². The van der Waals surface area contributed by atoms with Gasteiger partial charge in [-0.25, -0.2) is 0 Å². The number of hydrogen-bond donors (Lipinski definition) is 2. The number of nitrogens with zero attached hydrogens (tertiary/aromatic N) is 1. The van der Waals surface area contributed by atoms with E-state index in [4.69, 9.17) is 9.47 Å². The zero-order valence-electron chi connectivity index (χ0n) is 23.9. The molecule has 0 saturated carbocycles. The molecule has 0 radical (unpaired) electrons. The van der Waals surface area contributed by atoms with E-state index >= 15 is 0 Å². The summed E-state index contributed by atoms with van der Waals surface area (Å²) in [5.74, 6) is -1.56. The fraction of sp³-hybridized carbons (Fsp3) is 0.700. The average Bonchev–Trinajstić information content (AvgIpc) is 3.51. The first-order valence-corrected chi connectivity index (χ1v) is 13.7. The van der Waals surface area contributed by atoms with Crippen LogP contribution in [0.4, 0.5) is 0 Å². The maximum atomic E-state index is 13.2. The van der Waals surface area contributed by atoms with Crippen LogP contribution in [0, 0.1) is 17.3 Å². The van der Waals surface area contributed by atoms with E-state index in [0.717, 1.165) is 30.5 Å². The number of ketones is 1. The van der Waals surface area contributed by atoms with Gasteiger partial charge in [-0.05, 0) is 56.4 Å². The lowest BCUT2D eigenvalue weighted by molar-refractivity contribution is -0.154. The third kappa shape index (κ3) is 7.95. The van der Waals surface area contributed by atoms with Crippen molar-refractivity contribution in [3.8, 4) is 0 Å².